The van der Waals surface area contributed by atoms with Crippen molar-refractivity contribution in [2.45, 2.75) is 19.8 Å². The Kier molecular flexibility index (Phi) is 7.21. The van der Waals surface area contributed by atoms with Crippen molar-refractivity contribution in [2.75, 3.05) is 0 Å². The van der Waals surface area contributed by atoms with Gasteiger partial charge >= 0.3 is 0 Å². The second-order valence-electron chi connectivity index (χ2n) is 2.40. The Morgan fingerprint density at radius 1 is 1.38 bits per heavy atom. The molecule has 0 aliphatic heterocycles. The third-order valence-electron chi connectivity index (χ3n) is 1.18. The van der Waals surface area contributed by atoms with Crippen LogP contribution in [0.5, 0.6) is 0 Å². The molecule has 0 amide bonds. The third kappa shape index (κ3) is 9.02. The van der Waals surface area contributed by atoms with Gasteiger partial charge in [-0.1, -0.05) is 25.1 Å². The molecule has 0 radical (unpaired) electrons. The van der Waals surface area contributed by atoms with E-state index in [0.717, 1.165) is 6.42 Å². The number of carbonyl (C=O) groups is 1. The minimum absolute atomic E-state index is 0.178. The molecule has 0 fully saturated rings. The summed E-state index contributed by atoms with van der Waals surface area (Å²) in [6.45, 7) is 1.92. The molecule has 1 nitrogen and oxygen atoms in total. The lowest BCUT2D eigenvalue weighted by Crippen LogP contribution is -1.79. The van der Waals surface area contributed by atoms with Crippen molar-refractivity contribution in [1.29, 1.82) is 0 Å². The minimum atomic E-state index is -0.238. The Morgan fingerprint density at radius 3 is 2.08 bits per heavy atom. The summed E-state index contributed by atoms with van der Waals surface area (Å²) in [5, 5.41) is -0.238. The second kappa shape index (κ2) is 7.74. The molecule has 3 heteroatoms. The van der Waals surface area contributed by atoms with Crippen molar-refractivity contribution in [3.05, 3.63) is 36.1 Å². The van der Waals surface area contributed by atoms with Crippen molar-refractivity contribution in [3.63, 3.8) is 0 Å². The highest BCUT2D eigenvalue weighted by atomic mass is 35.5. The predicted molar refractivity (Wildman–Crippen MR) is 52.2 cm³/mol. The number of carbonyl (C=O) groups excluding carboxylic acids is 1. The van der Waals surface area contributed by atoms with Crippen LogP contribution in [0.15, 0.2) is 30.3 Å². The molecular formula is C10H12ClFO. The van der Waals surface area contributed by atoms with Crippen LogP contribution in [0, 0.1) is 5.82 Å². The molecule has 0 saturated heterocycles. The molecule has 0 saturated carbocycles. The van der Waals surface area contributed by atoms with Gasteiger partial charge < -0.3 is 0 Å². The molecule has 0 spiro atoms. The van der Waals surface area contributed by atoms with Gasteiger partial charge in [-0.25, -0.2) is 4.39 Å². The van der Waals surface area contributed by atoms with Crippen LogP contribution >= 0.6 is 11.6 Å². The molecule has 0 aromatic heterocycles. The van der Waals surface area contributed by atoms with Gasteiger partial charge in [-0.05, 0) is 30.2 Å². The Morgan fingerprint density at radius 2 is 1.92 bits per heavy atom. The number of hydrogen-bond acceptors (Lipinski definition) is 1. The fourth-order valence-electron chi connectivity index (χ4n) is 0.611. The zero-order valence-electron chi connectivity index (χ0n) is 7.47. The van der Waals surface area contributed by atoms with E-state index in [2.05, 4.69) is 0 Å². The Hall–Kier alpha value is -0.890. The van der Waals surface area contributed by atoms with E-state index in [9.17, 15) is 9.18 Å². The Labute approximate surface area is 82.5 Å². The van der Waals surface area contributed by atoms with Crippen LogP contribution in [0.2, 0.25) is 0 Å². The SMILES string of the molecule is CCCC(=O)Cl.Fc1ccccc1. The molecule has 1 rings (SSSR count). The fourth-order valence-corrected chi connectivity index (χ4v) is 0.800. The Balaban J connectivity index is 0.000000226. The van der Waals surface area contributed by atoms with Crippen LogP contribution in [0.4, 0.5) is 4.39 Å². The first kappa shape index (κ1) is 12.1. The maximum absolute atomic E-state index is 11.9. The zero-order chi connectivity index (χ0) is 10.1. The first-order valence-electron chi connectivity index (χ1n) is 4.05. The zero-order valence-corrected chi connectivity index (χ0v) is 8.22. The average Bonchev–Trinajstić information content (AvgIpc) is 2.06. The van der Waals surface area contributed by atoms with Crippen LogP contribution in [0.1, 0.15) is 19.8 Å². The molecular weight excluding hydrogens is 191 g/mol. The van der Waals surface area contributed by atoms with E-state index in [0.29, 0.717) is 6.42 Å². The topological polar surface area (TPSA) is 17.1 Å². The highest BCUT2D eigenvalue weighted by Gasteiger charge is 1.87. The van der Waals surface area contributed by atoms with Gasteiger partial charge in [0.25, 0.3) is 0 Å². The van der Waals surface area contributed by atoms with Gasteiger partial charge in [-0.3, -0.25) is 4.79 Å². The van der Waals surface area contributed by atoms with E-state index >= 15 is 0 Å². The summed E-state index contributed by atoms with van der Waals surface area (Å²) in [6, 6.07) is 7.94. The van der Waals surface area contributed by atoms with Crippen LogP contribution in [0.3, 0.4) is 0 Å². The molecule has 0 unspecified atom stereocenters. The van der Waals surface area contributed by atoms with Crippen molar-refractivity contribution in [1.82, 2.24) is 0 Å². The lowest BCUT2D eigenvalue weighted by atomic mass is 10.4. The molecule has 0 N–H and O–H groups in total. The third-order valence-corrected chi connectivity index (χ3v) is 1.37. The normalized spacial score (nSPS) is 8.54. The number of benzene rings is 1. The summed E-state index contributed by atoms with van der Waals surface area (Å²) in [7, 11) is 0. The van der Waals surface area contributed by atoms with E-state index in [1.165, 1.54) is 12.1 Å². The maximum atomic E-state index is 11.9. The first-order chi connectivity index (χ1) is 6.16. The molecule has 0 bridgehead atoms. The van der Waals surface area contributed by atoms with Gasteiger partial charge in [0.1, 0.15) is 5.82 Å². The molecule has 1 aromatic carbocycles. The van der Waals surface area contributed by atoms with Gasteiger partial charge in [0.2, 0.25) is 5.24 Å². The molecule has 1 aromatic rings. The lowest BCUT2D eigenvalue weighted by molar-refractivity contribution is -0.111. The molecule has 13 heavy (non-hydrogen) atoms. The van der Waals surface area contributed by atoms with Gasteiger partial charge in [0, 0.05) is 6.42 Å². The predicted octanol–water partition coefficient (Wildman–Crippen LogP) is 3.38. The summed E-state index contributed by atoms with van der Waals surface area (Å²) < 4.78 is 11.9. The standard InChI is InChI=1S/C6H5F.C4H7ClO/c7-6-4-2-1-3-5-6;1-2-3-4(5)6/h1-5H;2-3H2,1H3. The molecule has 0 atom stereocenters. The second-order valence-corrected chi connectivity index (χ2v) is 2.82. The molecule has 0 aliphatic rings. The summed E-state index contributed by atoms with van der Waals surface area (Å²) in [5.41, 5.74) is 0. The van der Waals surface area contributed by atoms with Crippen molar-refractivity contribution < 1.29 is 9.18 Å². The molecule has 0 aliphatic carbocycles. The van der Waals surface area contributed by atoms with Gasteiger partial charge in [0.05, 0.1) is 0 Å². The lowest BCUT2D eigenvalue weighted by Gasteiger charge is -1.78. The van der Waals surface area contributed by atoms with Gasteiger partial charge in [0.15, 0.2) is 0 Å². The van der Waals surface area contributed by atoms with Gasteiger partial charge in [-0.15, -0.1) is 0 Å². The van der Waals surface area contributed by atoms with Crippen LogP contribution < -0.4 is 0 Å². The fraction of sp³-hybridized carbons (Fsp3) is 0.300. The van der Waals surface area contributed by atoms with Crippen LogP contribution in [0.25, 0.3) is 0 Å². The van der Waals surface area contributed by atoms with E-state index in [4.69, 9.17) is 11.6 Å². The van der Waals surface area contributed by atoms with Crippen molar-refractivity contribution >= 4 is 16.8 Å². The summed E-state index contributed by atoms with van der Waals surface area (Å²) in [6.07, 6.45) is 1.35. The minimum Gasteiger partial charge on any atom is -0.281 e. The monoisotopic (exact) mass is 202 g/mol. The summed E-state index contributed by atoms with van der Waals surface area (Å²) in [5.74, 6) is -0.178. The van der Waals surface area contributed by atoms with Crippen LogP contribution in [-0.2, 0) is 4.79 Å². The van der Waals surface area contributed by atoms with Crippen molar-refractivity contribution in [3.8, 4) is 0 Å². The van der Waals surface area contributed by atoms with E-state index in [1.54, 1.807) is 18.2 Å². The highest BCUT2D eigenvalue weighted by Crippen LogP contribution is 1.92. The van der Waals surface area contributed by atoms with Crippen LogP contribution in [-0.4, -0.2) is 5.24 Å². The van der Waals surface area contributed by atoms with E-state index in [-0.39, 0.29) is 11.1 Å². The van der Waals surface area contributed by atoms with E-state index in [1.807, 2.05) is 6.92 Å². The number of hydrogen-bond donors (Lipinski definition) is 0. The highest BCUT2D eigenvalue weighted by molar-refractivity contribution is 6.63. The number of halogens is 2. The van der Waals surface area contributed by atoms with Gasteiger partial charge in [-0.2, -0.15) is 0 Å². The smallest absolute Gasteiger partial charge is 0.221 e. The number of rotatable bonds is 2. The average molecular weight is 203 g/mol. The quantitative estimate of drug-likeness (QED) is 0.672. The van der Waals surface area contributed by atoms with Crippen molar-refractivity contribution in [2.24, 2.45) is 0 Å². The largest absolute Gasteiger partial charge is 0.281 e. The van der Waals surface area contributed by atoms with E-state index < -0.39 is 0 Å². The molecule has 0 heterocycles. The Bertz CT molecular complexity index is 236. The first-order valence-corrected chi connectivity index (χ1v) is 4.43. The molecule has 72 valence electrons. The maximum Gasteiger partial charge on any atom is 0.221 e. The summed E-state index contributed by atoms with van der Waals surface area (Å²) >= 11 is 4.94. The summed E-state index contributed by atoms with van der Waals surface area (Å²) in [4.78, 5) is 9.81.